The van der Waals surface area contributed by atoms with E-state index in [1.165, 1.54) is 38.5 Å². The molecule has 2 N–H and O–H groups in total. The minimum Gasteiger partial charge on any atom is -0.376 e. The molecule has 1 atom stereocenters. The van der Waals surface area contributed by atoms with Crippen LogP contribution in [0.3, 0.4) is 0 Å². The summed E-state index contributed by atoms with van der Waals surface area (Å²) in [5.74, 6) is 0.933. The number of hydrogen-bond acceptors (Lipinski definition) is 2. The van der Waals surface area contributed by atoms with E-state index in [0.717, 1.165) is 19.1 Å². The zero-order valence-electron chi connectivity index (χ0n) is 10.6. The number of guanidine groups is 1. The van der Waals surface area contributed by atoms with Gasteiger partial charge in [0.2, 0.25) is 0 Å². The molecule has 1 saturated heterocycles. The second-order valence-electron chi connectivity index (χ2n) is 4.71. The first-order valence-electron chi connectivity index (χ1n) is 6.47. The fourth-order valence-corrected chi connectivity index (χ4v) is 2.47. The maximum atomic E-state index is 5.57. The van der Waals surface area contributed by atoms with Crippen molar-refractivity contribution < 1.29 is 4.74 Å². The summed E-state index contributed by atoms with van der Waals surface area (Å²) in [4.78, 5) is 4.25. The highest BCUT2D eigenvalue weighted by Gasteiger charge is 2.18. The number of nitrogens with one attached hydrogen (secondary N) is 2. The molecule has 1 heterocycles. The second-order valence-corrected chi connectivity index (χ2v) is 4.71. The van der Waals surface area contributed by atoms with Crippen molar-refractivity contribution in [3.05, 3.63) is 0 Å². The monoisotopic (exact) mass is 353 g/mol. The van der Waals surface area contributed by atoms with Crippen LogP contribution in [0.15, 0.2) is 4.99 Å². The second kappa shape index (κ2) is 8.13. The van der Waals surface area contributed by atoms with E-state index in [0.29, 0.717) is 12.1 Å². The molecule has 4 nitrogen and oxygen atoms in total. The highest BCUT2D eigenvalue weighted by molar-refractivity contribution is 14.0. The predicted molar refractivity (Wildman–Crippen MR) is 81.1 cm³/mol. The van der Waals surface area contributed by atoms with Crippen LogP contribution in [0, 0.1) is 0 Å². The van der Waals surface area contributed by atoms with Crippen LogP contribution >= 0.6 is 24.0 Å². The third kappa shape index (κ3) is 4.99. The first-order chi connectivity index (χ1) is 7.88. The van der Waals surface area contributed by atoms with Gasteiger partial charge in [0.15, 0.2) is 5.96 Å². The normalized spacial score (nSPS) is 25.7. The van der Waals surface area contributed by atoms with E-state index in [-0.39, 0.29) is 24.0 Å². The van der Waals surface area contributed by atoms with E-state index < -0.39 is 0 Å². The minimum absolute atomic E-state index is 0. The van der Waals surface area contributed by atoms with Crippen molar-refractivity contribution in [1.29, 1.82) is 0 Å². The van der Waals surface area contributed by atoms with Gasteiger partial charge in [-0.1, -0.05) is 12.8 Å². The highest BCUT2D eigenvalue weighted by atomic mass is 127. The van der Waals surface area contributed by atoms with Gasteiger partial charge >= 0.3 is 0 Å². The molecule has 0 aromatic rings. The topological polar surface area (TPSA) is 45.7 Å². The molecule has 17 heavy (non-hydrogen) atoms. The van der Waals surface area contributed by atoms with Gasteiger partial charge in [0, 0.05) is 26.2 Å². The Kier molecular flexibility index (Phi) is 7.18. The van der Waals surface area contributed by atoms with Crippen LogP contribution in [-0.2, 0) is 4.74 Å². The van der Waals surface area contributed by atoms with Crippen molar-refractivity contribution in [1.82, 2.24) is 10.6 Å². The summed E-state index contributed by atoms with van der Waals surface area (Å²) in [6, 6.07) is 0.621. The van der Waals surface area contributed by atoms with Gasteiger partial charge in [0.25, 0.3) is 0 Å². The van der Waals surface area contributed by atoms with Crippen LogP contribution < -0.4 is 10.6 Å². The summed E-state index contributed by atoms with van der Waals surface area (Å²) in [5, 5.41) is 6.83. The SMILES string of the molecule is CN=C(NCC1CCCO1)NC1CCCC1.I. The number of aliphatic imine (C=N–C) groups is 1. The number of nitrogens with zero attached hydrogens (tertiary/aromatic N) is 1. The lowest BCUT2D eigenvalue weighted by Gasteiger charge is -2.18. The average molecular weight is 353 g/mol. The summed E-state index contributed by atoms with van der Waals surface area (Å²) >= 11 is 0. The van der Waals surface area contributed by atoms with Crippen molar-refractivity contribution in [3.8, 4) is 0 Å². The van der Waals surface area contributed by atoms with Gasteiger partial charge in [0.1, 0.15) is 0 Å². The summed E-state index contributed by atoms with van der Waals surface area (Å²) in [6.45, 7) is 1.80. The average Bonchev–Trinajstić information content (AvgIpc) is 2.97. The molecule has 0 bridgehead atoms. The summed E-state index contributed by atoms with van der Waals surface area (Å²) in [7, 11) is 1.83. The third-order valence-electron chi connectivity index (χ3n) is 3.44. The lowest BCUT2D eigenvalue weighted by Crippen LogP contribution is -2.44. The first-order valence-corrected chi connectivity index (χ1v) is 6.47. The lowest BCUT2D eigenvalue weighted by atomic mass is 10.2. The Bertz CT molecular complexity index is 236. The Morgan fingerprint density at radius 1 is 1.24 bits per heavy atom. The Morgan fingerprint density at radius 3 is 2.59 bits per heavy atom. The lowest BCUT2D eigenvalue weighted by molar-refractivity contribution is 0.113. The molecule has 0 aromatic carbocycles. The Morgan fingerprint density at radius 2 is 2.00 bits per heavy atom. The van der Waals surface area contributed by atoms with E-state index in [9.17, 15) is 0 Å². The molecule has 1 unspecified atom stereocenters. The molecule has 2 aliphatic rings. The van der Waals surface area contributed by atoms with Crippen LogP contribution in [-0.4, -0.2) is 38.3 Å². The molecule has 1 aliphatic heterocycles. The van der Waals surface area contributed by atoms with Crippen molar-refractivity contribution in [2.45, 2.75) is 50.7 Å². The summed E-state index contributed by atoms with van der Waals surface area (Å²) in [6.07, 6.45) is 8.00. The van der Waals surface area contributed by atoms with Gasteiger partial charge in [-0.3, -0.25) is 4.99 Å². The zero-order valence-corrected chi connectivity index (χ0v) is 12.9. The first kappa shape index (κ1) is 15.0. The molecule has 0 radical (unpaired) electrons. The Hall–Kier alpha value is -0.0400. The molecule has 2 fully saturated rings. The summed E-state index contributed by atoms with van der Waals surface area (Å²) < 4.78 is 5.57. The number of rotatable bonds is 3. The largest absolute Gasteiger partial charge is 0.376 e. The Balaban J connectivity index is 0.00000144. The van der Waals surface area contributed by atoms with E-state index >= 15 is 0 Å². The zero-order chi connectivity index (χ0) is 11.2. The molecule has 0 spiro atoms. The van der Waals surface area contributed by atoms with Gasteiger partial charge in [-0.05, 0) is 25.7 Å². The Labute approximate surface area is 121 Å². The van der Waals surface area contributed by atoms with Crippen molar-refractivity contribution in [2.75, 3.05) is 20.2 Å². The van der Waals surface area contributed by atoms with Gasteiger partial charge in [0.05, 0.1) is 6.10 Å². The fourth-order valence-electron chi connectivity index (χ4n) is 2.47. The molecule has 0 aromatic heterocycles. The quantitative estimate of drug-likeness (QED) is 0.463. The number of hydrogen-bond donors (Lipinski definition) is 2. The minimum atomic E-state index is 0. The fraction of sp³-hybridized carbons (Fsp3) is 0.917. The molecular weight excluding hydrogens is 329 g/mol. The van der Waals surface area contributed by atoms with E-state index in [4.69, 9.17) is 4.74 Å². The maximum absolute atomic E-state index is 5.57. The van der Waals surface area contributed by atoms with Crippen LogP contribution in [0.4, 0.5) is 0 Å². The van der Waals surface area contributed by atoms with Crippen molar-refractivity contribution >= 4 is 29.9 Å². The molecule has 5 heteroatoms. The maximum Gasteiger partial charge on any atom is 0.191 e. The van der Waals surface area contributed by atoms with E-state index in [1.54, 1.807) is 0 Å². The van der Waals surface area contributed by atoms with Crippen molar-refractivity contribution in [3.63, 3.8) is 0 Å². The molecule has 0 amide bonds. The van der Waals surface area contributed by atoms with Crippen LogP contribution in [0.25, 0.3) is 0 Å². The van der Waals surface area contributed by atoms with Gasteiger partial charge in [-0.15, -0.1) is 24.0 Å². The third-order valence-corrected chi connectivity index (χ3v) is 3.44. The van der Waals surface area contributed by atoms with Crippen LogP contribution in [0.2, 0.25) is 0 Å². The number of ether oxygens (including phenoxy) is 1. The molecule has 100 valence electrons. The van der Waals surface area contributed by atoms with Crippen LogP contribution in [0.1, 0.15) is 38.5 Å². The number of halogens is 1. The molecule has 2 rings (SSSR count). The van der Waals surface area contributed by atoms with E-state index in [2.05, 4.69) is 15.6 Å². The van der Waals surface area contributed by atoms with Gasteiger partial charge in [-0.25, -0.2) is 0 Å². The van der Waals surface area contributed by atoms with Crippen molar-refractivity contribution in [2.24, 2.45) is 4.99 Å². The smallest absolute Gasteiger partial charge is 0.191 e. The van der Waals surface area contributed by atoms with E-state index in [1.807, 2.05) is 7.05 Å². The molecule has 1 saturated carbocycles. The van der Waals surface area contributed by atoms with Gasteiger partial charge in [-0.2, -0.15) is 0 Å². The highest BCUT2D eigenvalue weighted by Crippen LogP contribution is 2.17. The summed E-state index contributed by atoms with van der Waals surface area (Å²) in [5.41, 5.74) is 0. The predicted octanol–water partition coefficient (Wildman–Crippen LogP) is 1.89. The molecule has 1 aliphatic carbocycles. The molecular formula is C12H24IN3O. The standard InChI is InChI=1S/C12H23N3O.HI/c1-13-12(15-10-5-2-3-6-10)14-9-11-7-4-8-16-11;/h10-11H,2-9H2,1H3,(H2,13,14,15);1H. The van der Waals surface area contributed by atoms with Gasteiger partial charge < -0.3 is 15.4 Å². The van der Waals surface area contributed by atoms with Crippen LogP contribution in [0.5, 0.6) is 0 Å².